The van der Waals surface area contributed by atoms with Gasteiger partial charge in [0.15, 0.2) is 0 Å². The molecule has 0 unspecified atom stereocenters. The van der Waals surface area contributed by atoms with E-state index >= 15 is 0 Å². The summed E-state index contributed by atoms with van der Waals surface area (Å²) in [6, 6.07) is 6.13. The molecule has 0 aliphatic carbocycles. The zero-order valence-electron chi connectivity index (χ0n) is 8.28. The van der Waals surface area contributed by atoms with Crippen LogP contribution < -0.4 is 5.32 Å². The Labute approximate surface area is 89.5 Å². The fraction of sp³-hybridized carbons (Fsp3) is 0.545. The minimum atomic E-state index is 0.783. The highest BCUT2D eigenvalue weighted by Crippen LogP contribution is 2.21. The zero-order chi connectivity index (χ0) is 9.64. The van der Waals surface area contributed by atoms with Gasteiger partial charge in [-0.1, -0.05) is 6.07 Å². The first-order valence-corrected chi connectivity index (χ1v) is 6.22. The van der Waals surface area contributed by atoms with Crippen LogP contribution in [-0.4, -0.2) is 23.3 Å². The first-order valence-electron chi connectivity index (χ1n) is 5.17. The standard InChI is InChI=1S/C11H16N2S/c1-2-7-13-10(4-1)9-14-11-5-3-6-12-8-11/h1-2,4,7,11-12H,3,5-6,8-9H2/t11-/m1/s1. The van der Waals surface area contributed by atoms with Crippen LogP contribution in [-0.2, 0) is 5.75 Å². The lowest BCUT2D eigenvalue weighted by atomic mass is 10.2. The third-order valence-electron chi connectivity index (χ3n) is 2.44. The van der Waals surface area contributed by atoms with Gasteiger partial charge in [-0.15, -0.1) is 0 Å². The maximum absolute atomic E-state index is 4.32. The molecule has 1 aliphatic rings. The van der Waals surface area contributed by atoms with Gasteiger partial charge in [0, 0.05) is 23.7 Å². The number of hydrogen-bond acceptors (Lipinski definition) is 3. The van der Waals surface area contributed by atoms with Gasteiger partial charge in [-0.25, -0.2) is 0 Å². The molecule has 3 heteroatoms. The first-order chi connectivity index (χ1) is 6.95. The van der Waals surface area contributed by atoms with Crippen molar-refractivity contribution in [2.45, 2.75) is 23.8 Å². The lowest BCUT2D eigenvalue weighted by molar-refractivity contribution is 0.531. The molecular formula is C11H16N2S. The summed E-state index contributed by atoms with van der Waals surface area (Å²) in [6.45, 7) is 2.36. The van der Waals surface area contributed by atoms with Gasteiger partial charge in [-0.05, 0) is 31.5 Å². The molecule has 1 aromatic heterocycles. The van der Waals surface area contributed by atoms with Crippen molar-refractivity contribution in [3.63, 3.8) is 0 Å². The number of piperidine rings is 1. The smallest absolute Gasteiger partial charge is 0.0502 e. The second-order valence-electron chi connectivity index (χ2n) is 3.60. The fourth-order valence-corrected chi connectivity index (χ4v) is 2.80. The second kappa shape index (κ2) is 5.37. The van der Waals surface area contributed by atoms with Gasteiger partial charge in [0.05, 0.1) is 5.69 Å². The fourth-order valence-electron chi connectivity index (χ4n) is 1.65. The summed E-state index contributed by atoms with van der Waals surface area (Å²) in [4.78, 5) is 4.32. The number of nitrogens with one attached hydrogen (secondary N) is 1. The van der Waals surface area contributed by atoms with Gasteiger partial charge in [0.25, 0.3) is 0 Å². The monoisotopic (exact) mass is 208 g/mol. The normalized spacial score (nSPS) is 22.1. The van der Waals surface area contributed by atoms with Crippen molar-refractivity contribution >= 4 is 11.8 Å². The molecule has 1 fully saturated rings. The topological polar surface area (TPSA) is 24.9 Å². The largest absolute Gasteiger partial charge is 0.316 e. The van der Waals surface area contributed by atoms with E-state index in [0.717, 1.165) is 17.5 Å². The summed E-state index contributed by atoms with van der Waals surface area (Å²) in [7, 11) is 0. The summed E-state index contributed by atoms with van der Waals surface area (Å²) in [5, 5.41) is 4.21. The molecule has 76 valence electrons. The van der Waals surface area contributed by atoms with Crippen molar-refractivity contribution in [1.82, 2.24) is 10.3 Å². The van der Waals surface area contributed by atoms with Crippen LogP contribution in [0.3, 0.4) is 0 Å². The Morgan fingerprint density at radius 3 is 3.21 bits per heavy atom. The molecule has 0 radical (unpaired) electrons. The zero-order valence-corrected chi connectivity index (χ0v) is 9.09. The molecule has 1 saturated heterocycles. The van der Waals surface area contributed by atoms with Crippen molar-refractivity contribution in [3.05, 3.63) is 30.1 Å². The molecule has 2 rings (SSSR count). The highest BCUT2D eigenvalue weighted by Gasteiger charge is 2.12. The van der Waals surface area contributed by atoms with Crippen LogP contribution in [0.15, 0.2) is 24.4 Å². The average Bonchev–Trinajstić information content (AvgIpc) is 2.29. The van der Waals surface area contributed by atoms with E-state index in [0.29, 0.717) is 0 Å². The van der Waals surface area contributed by atoms with E-state index in [1.807, 2.05) is 24.0 Å². The molecule has 1 aliphatic heterocycles. The van der Waals surface area contributed by atoms with Crippen LogP contribution in [0.2, 0.25) is 0 Å². The van der Waals surface area contributed by atoms with E-state index < -0.39 is 0 Å². The molecular weight excluding hydrogens is 192 g/mol. The minimum absolute atomic E-state index is 0.783. The van der Waals surface area contributed by atoms with E-state index in [4.69, 9.17) is 0 Å². The molecule has 0 aromatic carbocycles. The van der Waals surface area contributed by atoms with E-state index in [2.05, 4.69) is 22.4 Å². The molecule has 0 amide bonds. The van der Waals surface area contributed by atoms with Crippen molar-refractivity contribution in [2.75, 3.05) is 13.1 Å². The lowest BCUT2D eigenvalue weighted by Crippen LogP contribution is -2.31. The van der Waals surface area contributed by atoms with Gasteiger partial charge >= 0.3 is 0 Å². The molecule has 0 bridgehead atoms. The van der Waals surface area contributed by atoms with E-state index in [9.17, 15) is 0 Å². The highest BCUT2D eigenvalue weighted by atomic mass is 32.2. The van der Waals surface area contributed by atoms with Gasteiger partial charge in [-0.3, -0.25) is 4.98 Å². The number of aromatic nitrogens is 1. The Morgan fingerprint density at radius 2 is 2.50 bits per heavy atom. The first kappa shape index (κ1) is 9.99. The van der Waals surface area contributed by atoms with Gasteiger partial charge < -0.3 is 5.32 Å². The lowest BCUT2D eigenvalue weighted by Gasteiger charge is -2.21. The van der Waals surface area contributed by atoms with Gasteiger partial charge in [-0.2, -0.15) is 11.8 Å². The summed E-state index contributed by atoms with van der Waals surface area (Å²) in [5.74, 6) is 1.05. The second-order valence-corrected chi connectivity index (χ2v) is 4.89. The van der Waals surface area contributed by atoms with Crippen LogP contribution in [0, 0.1) is 0 Å². The van der Waals surface area contributed by atoms with Crippen LogP contribution in [0.25, 0.3) is 0 Å². The highest BCUT2D eigenvalue weighted by molar-refractivity contribution is 7.99. The Bertz CT molecular complexity index is 257. The van der Waals surface area contributed by atoms with Gasteiger partial charge in [0.1, 0.15) is 0 Å². The van der Waals surface area contributed by atoms with Crippen LogP contribution in [0.5, 0.6) is 0 Å². The predicted molar refractivity (Wildman–Crippen MR) is 61.4 cm³/mol. The third kappa shape index (κ3) is 3.00. The summed E-state index contributed by atoms with van der Waals surface area (Å²) >= 11 is 2.03. The third-order valence-corrected chi connectivity index (χ3v) is 3.78. The summed E-state index contributed by atoms with van der Waals surface area (Å²) < 4.78 is 0. The molecule has 0 spiro atoms. The van der Waals surface area contributed by atoms with Crippen LogP contribution in [0.4, 0.5) is 0 Å². The van der Waals surface area contributed by atoms with E-state index in [1.54, 1.807) is 0 Å². The maximum atomic E-state index is 4.32. The Morgan fingerprint density at radius 1 is 1.50 bits per heavy atom. The quantitative estimate of drug-likeness (QED) is 0.823. The van der Waals surface area contributed by atoms with Crippen LogP contribution >= 0.6 is 11.8 Å². The number of rotatable bonds is 3. The predicted octanol–water partition coefficient (Wildman–Crippen LogP) is 2.07. The molecule has 2 heterocycles. The number of pyridine rings is 1. The molecule has 0 saturated carbocycles. The molecule has 14 heavy (non-hydrogen) atoms. The number of thioether (sulfide) groups is 1. The minimum Gasteiger partial charge on any atom is -0.316 e. The SMILES string of the molecule is c1ccc(CS[C@@H]2CCCNC2)nc1. The Kier molecular flexibility index (Phi) is 3.83. The maximum Gasteiger partial charge on any atom is 0.0502 e. The van der Waals surface area contributed by atoms with Crippen molar-refractivity contribution in [2.24, 2.45) is 0 Å². The van der Waals surface area contributed by atoms with Crippen LogP contribution in [0.1, 0.15) is 18.5 Å². The summed E-state index contributed by atoms with van der Waals surface area (Å²) in [5.41, 5.74) is 1.20. The Balaban J connectivity index is 1.76. The molecule has 2 nitrogen and oxygen atoms in total. The van der Waals surface area contributed by atoms with Crippen molar-refractivity contribution < 1.29 is 0 Å². The van der Waals surface area contributed by atoms with Gasteiger partial charge in [0.2, 0.25) is 0 Å². The van der Waals surface area contributed by atoms with E-state index in [-0.39, 0.29) is 0 Å². The molecule has 1 N–H and O–H groups in total. The van der Waals surface area contributed by atoms with Crippen molar-refractivity contribution in [1.29, 1.82) is 0 Å². The summed E-state index contributed by atoms with van der Waals surface area (Å²) in [6.07, 6.45) is 4.54. The van der Waals surface area contributed by atoms with Crippen molar-refractivity contribution in [3.8, 4) is 0 Å². The van der Waals surface area contributed by atoms with E-state index in [1.165, 1.54) is 25.1 Å². The average molecular weight is 208 g/mol. The number of nitrogens with zero attached hydrogens (tertiary/aromatic N) is 1. The molecule has 1 atom stereocenters. The Hall–Kier alpha value is -0.540. The molecule has 1 aromatic rings. The number of hydrogen-bond donors (Lipinski definition) is 1.